The lowest BCUT2D eigenvalue weighted by Crippen LogP contribution is -2.27. The lowest BCUT2D eigenvalue weighted by Gasteiger charge is -2.21. The van der Waals surface area contributed by atoms with Crippen LogP contribution in [0.15, 0.2) is 18.2 Å². The molecular formula is C17H18F4N4O2. The summed E-state index contributed by atoms with van der Waals surface area (Å²) in [7, 11) is 0. The number of fused-ring (bicyclic) bond motifs is 3. The summed E-state index contributed by atoms with van der Waals surface area (Å²) in [6.07, 6.45) is -4.47. The molecule has 0 aliphatic carbocycles. The highest BCUT2D eigenvalue weighted by molar-refractivity contribution is 6.06. The normalized spacial score (nSPS) is 13.0. The summed E-state index contributed by atoms with van der Waals surface area (Å²) in [6.45, 7) is 1.24. The zero-order chi connectivity index (χ0) is 20.0. The number of anilines is 1. The van der Waals surface area contributed by atoms with Crippen LogP contribution in [0.3, 0.4) is 0 Å². The van der Waals surface area contributed by atoms with Crippen molar-refractivity contribution < 1.29 is 27.4 Å². The third kappa shape index (κ3) is 4.28. The van der Waals surface area contributed by atoms with Crippen molar-refractivity contribution in [1.29, 1.82) is 0 Å². The largest absolute Gasteiger partial charge is 0.411 e. The van der Waals surface area contributed by atoms with Crippen LogP contribution in [0, 0.1) is 5.82 Å². The zero-order valence-corrected chi connectivity index (χ0v) is 14.6. The molecule has 3 rings (SSSR count). The zero-order valence-electron chi connectivity index (χ0n) is 14.6. The van der Waals surface area contributed by atoms with E-state index in [1.54, 1.807) is 13.8 Å². The molecule has 0 radical (unpaired) electrons. The summed E-state index contributed by atoms with van der Waals surface area (Å²) in [5, 5.41) is 10.8. The number of aliphatic hydroxyl groups is 1. The molecule has 3 N–H and O–H groups in total. The summed E-state index contributed by atoms with van der Waals surface area (Å²) in [4.78, 5) is 8.38. The molecule has 0 spiro atoms. The van der Waals surface area contributed by atoms with E-state index < -0.39 is 30.8 Å². The summed E-state index contributed by atoms with van der Waals surface area (Å²) < 4.78 is 57.0. The minimum atomic E-state index is -4.47. The van der Waals surface area contributed by atoms with Crippen LogP contribution in [0.4, 0.5) is 23.4 Å². The van der Waals surface area contributed by atoms with Gasteiger partial charge in [-0.1, -0.05) is 0 Å². The highest BCUT2D eigenvalue weighted by Crippen LogP contribution is 2.30. The van der Waals surface area contributed by atoms with Crippen LogP contribution in [0.5, 0.6) is 0 Å². The minimum Gasteiger partial charge on any atom is -0.389 e. The van der Waals surface area contributed by atoms with E-state index in [9.17, 15) is 22.7 Å². The third-order valence-electron chi connectivity index (χ3n) is 3.79. The smallest absolute Gasteiger partial charge is 0.389 e. The fourth-order valence-corrected chi connectivity index (χ4v) is 2.86. The van der Waals surface area contributed by atoms with E-state index in [1.165, 1.54) is 22.8 Å². The van der Waals surface area contributed by atoms with Gasteiger partial charge in [-0.15, -0.1) is 0 Å². The average Bonchev–Trinajstić information content (AvgIpc) is 2.83. The molecule has 3 aromatic rings. The van der Waals surface area contributed by atoms with E-state index in [0.717, 1.165) is 0 Å². The number of pyridine rings is 1. The van der Waals surface area contributed by atoms with Crippen LogP contribution in [0.1, 0.15) is 19.7 Å². The van der Waals surface area contributed by atoms with E-state index in [1.807, 2.05) is 0 Å². The highest BCUT2D eigenvalue weighted by Gasteiger charge is 2.28. The number of rotatable bonds is 5. The Hall–Kier alpha value is -2.46. The standard InChI is InChI=1S/C17H18F4N4O2/c1-16(2,26)7-25-12(6-27-8-17(19,20)21)24-13-14(25)10-4-3-9(18)5-11(10)23-15(13)22/h3-5,26H,6-8H2,1-2H3,(H2,22,23). The van der Waals surface area contributed by atoms with Crippen molar-refractivity contribution in [1.82, 2.24) is 14.5 Å². The maximum Gasteiger partial charge on any atom is 0.411 e. The van der Waals surface area contributed by atoms with E-state index >= 15 is 0 Å². The molecule has 146 valence electrons. The molecule has 2 aromatic heterocycles. The lowest BCUT2D eigenvalue weighted by molar-refractivity contribution is -0.177. The van der Waals surface area contributed by atoms with Gasteiger partial charge in [0.1, 0.15) is 30.4 Å². The first-order valence-corrected chi connectivity index (χ1v) is 8.05. The lowest BCUT2D eigenvalue weighted by atomic mass is 10.1. The quantitative estimate of drug-likeness (QED) is 0.658. The van der Waals surface area contributed by atoms with Crippen molar-refractivity contribution in [2.45, 2.75) is 38.8 Å². The van der Waals surface area contributed by atoms with Gasteiger partial charge in [-0.3, -0.25) is 0 Å². The number of aromatic nitrogens is 3. The summed E-state index contributed by atoms with van der Waals surface area (Å²) in [5.74, 6) is -0.340. The summed E-state index contributed by atoms with van der Waals surface area (Å²) in [5.41, 5.74) is 5.71. The third-order valence-corrected chi connectivity index (χ3v) is 3.79. The number of nitrogens with two attached hydrogens (primary N) is 1. The average molecular weight is 386 g/mol. The monoisotopic (exact) mass is 386 g/mol. The molecule has 0 aliphatic rings. The number of nitrogens with zero attached hydrogens (tertiary/aromatic N) is 3. The van der Waals surface area contributed by atoms with Crippen LogP contribution in [-0.2, 0) is 17.9 Å². The minimum absolute atomic E-state index is 0.00895. The van der Waals surface area contributed by atoms with Gasteiger partial charge in [-0.25, -0.2) is 14.4 Å². The number of hydrogen-bond acceptors (Lipinski definition) is 5. The van der Waals surface area contributed by atoms with Crippen molar-refractivity contribution in [3.05, 3.63) is 29.8 Å². The first-order chi connectivity index (χ1) is 12.4. The molecule has 0 fully saturated rings. The van der Waals surface area contributed by atoms with Crippen LogP contribution in [0.25, 0.3) is 21.9 Å². The Morgan fingerprint density at radius 1 is 1.22 bits per heavy atom. The Morgan fingerprint density at radius 3 is 2.56 bits per heavy atom. The van der Waals surface area contributed by atoms with Crippen LogP contribution >= 0.6 is 0 Å². The van der Waals surface area contributed by atoms with E-state index in [-0.39, 0.29) is 29.2 Å². The van der Waals surface area contributed by atoms with Crippen molar-refractivity contribution >= 4 is 27.8 Å². The fourth-order valence-electron chi connectivity index (χ4n) is 2.86. The van der Waals surface area contributed by atoms with Crippen molar-refractivity contribution in [3.8, 4) is 0 Å². The molecule has 2 heterocycles. The summed E-state index contributed by atoms with van der Waals surface area (Å²) in [6, 6.07) is 3.93. The van der Waals surface area contributed by atoms with Gasteiger partial charge in [0.25, 0.3) is 0 Å². The Kier molecular flexibility index (Phi) is 4.73. The number of hydrogen-bond donors (Lipinski definition) is 2. The molecule has 27 heavy (non-hydrogen) atoms. The molecule has 6 nitrogen and oxygen atoms in total. The van der Waals surface area contributed by atoms with Crippen molar-refractivity contribution in [2.24, 2.45) is 0 Å². The second kappa shape index (κ2) is 6.61. The SMILES string of the molecule is CC(C)(O)Cn1c(COCC(F)(F)F)nc2c(N)nc3cc(F)ccc3c21. The van der Waals surface area contributed by atoms with Gasteiger partial charge in [0.05, 0.1) is 23.2 Å². The number of halogens is 4. The topological polar surface area (TPSA) is 86.2 Å². The molecule has 0 aliphatic heterocycles. The molecule has 0 saturated carbocycles. The van der Waals surface area contributed by atoms with Crippen LogP contribution in [-0.4, -0.2) is 38.0 Å². The van der Waals surface area contributed by atoms with Gasteiger partial charge in [0, 0.05) is 11.5 Å². The highest BCUT2D eigenvalue weighted by atomic mass is 19.4. The number of benzene rings is 1. The molecule has 1 aromatic carbocycles. The number of imidazole rings is 1. The predicted octanol–water partition coefficient (Wildman–Crippen LogP) is 3.16. The summed E-state index contributed by atoms with van der Waals surface area (Å²) >= 11 is 0. The van der Waals surface area contributed by atoms with E-state index in [0.29, 0.717) is 10.9 Å². The van der Waals surface area contributed by atoms with Crippen molar-refractivity contribution in [2.75, 3.05) is 12.3 Å². The Bertz CT molecular complexity index is 993. The molecular weight excluding hydrogens is 368 g/mol. The molecule has 0 unspecified atom stereocenters. The first kappa shape index (κ1) is 19.3. The number of ether oxygens (including phenoxy) is 1. The van der Waals surface area contributed by atoms with E-state index in [4.69, 9.17) is 10.5 Å². The van der Waals surface area contributed by atoms with Crippen LogP contribution in [0.2, 0.25) is 0 Å². The van der Waals surface area contributed by atoms with Gasteiger partial charge < -0.3 is 20.1 Å². The maximum absolute atomic E-state index is 13.6. The second-order valence-corrected chi connectivity index (χ2v) is 6.89. The molecule has 0 saturated heterocycles. The Balaban J connectivity index is 2.18. The number of alkyl halides is 3. The van der Waals surface area contributed by atoms with Gasteiger partial charge >= 0.3 is 6.18 Å². The molecule has 10 heteroatoms. The van der Waals surface area contributed by atoms with Gasteiger partial charge in [0.2, 0.25) is 0 Å². The second-order valence-electron chi connectivity index (χ2n) is 6.89. The molecule has 0 bridgehead atoms. The number of nitrogen functional groups attached to an aromatic ring is 1. The molecule has 0 amide bonds. The Morgan fingerprint density at radius 2 is 1.93 bits per heavy atom. The van der Waals surface area contributed by atoms with Gasteiger partial charge in [-0.05, 0) is 26.0 Å². The van der Waals surface area contributed by atoms with Gasteiger partial charge in [-0.2, -0.15) is 13.2 Å². The van der Waals surface area contributed by atoms with Crippen LogP contribution < -0.4 is 5.73 Å². The van der Waals surface area contributed by atoms with Gasteiger partial charge in [0.15, 0.2) is 5.82 Å². The first-order valence-electron chi connectivity index (χ1n) is 8.05. The van der Waals surface area contributed by atoms with E-state index in [2.05, 4.69) is 9.97 Å². The fraction of sp³-hybridized carbons (Fsp3) is 0.412. The van der Waals surface area contributed by atoms with Crippen molar-refractivity contribution in [3.63, 3.8) is 0 Å². The predicted molar refractivity (Wildman–Crippen MR) is 91.4 cm³/mol. The maximum atomic E-state index is 13.6. The molecule has 0 atom stereocenters. The Labute approximate surface area is 151 Å².